The Morgan fingerprint density at radius 2 is 2.21 bits per heavy atom. The highest BCUT2D eigenvalue weighted by molar-refractivity contribution is 7.17. The second kappa shape index (κ2) is 5.83. The van der Waals surface area contributed by atoms with Crippen LogP contribution < -0.4 is 5.32 Å². The first-order valence-corrected chi connectivity index (χ1v) is 7.37. The van der Waals surface area contributed by atoms with Gasteiger partial charge in [-0.3, -0.25) is 4.79 Å². The van der Waals surface area contributed by atoms with Crippen LogP contribution in [0.1, 0.15) is 23.6 Å². The van der Waals surface area contributed by atoms with E-state index in [1.807, 2.05) is 11.8 Å². The summed E-state index contributed by atoms with van der Waals surface area (Å²) in [5, 5.41) is 12.2. The number of aromatic nitrogens is 2. The van der Waals surface area contributed by atoms with Gasteiger partial charge in [-0.15, -0.1) is 10.2 Å². The number of nitrogens with one attached hydrogen (secondary N) is 1. The van der Waals surface area contributed by atoms with Crippen LogP contribution in [0, 0.1) is 5.92 Å². The molecule has 2 atom stereocenters. The van der Waals surface area contributed by atoms with Gasteiger partial charge in [0.15, 0.2) is 0 Å². The summed E-state index contributed by atoms with van der Waals surface area (Å²) < 4.78 is 0. The largest absolute Gasteiger partial charge is 0.360 e. The average Bonchev–Trinajstić information content (AvgIpc) is 2.95. The number of likely N-dealkylation sites (N-methyl/N-ethyl adjacent to an activating group) is 1. The Hall–Kier alpha value is -1.21. The van der Waals surface area contributed by atoms with Crippen LogP contribution in [0.15, 0.2) is 0 Å². The zero-order chi connectivity index (χ0) is 14.0. The molecule has 0 bridgehead atoms. The SMILES string of the molecule is CCNc1nnc(C(=O)N2CC(C)C(N(C)C)C2)s1. The van der Waals surface area contributed by atoms with Gasteiger partial charge in [0, 0.05) is 25.7 Å². The molecule has 0 saturated carbocycles. The molecular formula is C12H21N5OS. The van der Waals surface area contributed by atoms with Crippen LogP contribution in [0.3, 0.4) is 0 Å². The molecule has 1 saturated heterocycles. The van der Waals surface area contributed by atoms with E-state index in [4.69, 9.17) is 0 Å². The van der Waals surface area contributed by atoms with E-state index in [9.17, 15) is 4.79 Å². The number of likely N-dealkylation sites (tertiary alicyclic amines) is 1. The van der Waals surface area contributed by atoms with Crippen LogP contribution in [0.4, 0.5) is 5.13 Å². The topological polar surface area (TPSA) is 61.4 Å². The summed E-state index contributed by atoms with van der Waals surface area (Å²) in [6.45, 7) is 6.52. The monoisotopic (exact) mass is 283 g/mol. The van der Waals surface area contributed by atoms with Crippen LogP contribution in [0.2, 0.25) is 0 Å². The fraction of sp³-hybridized carbons (Fsp3) is 0.750. The van der Waals surface area contributed by atoms with E-state index < -0.39 is 0 Å². The number of amides is 1. The highest BCUT2D eigenvalue weighted by atomic mass is 32.1. The fourth-order valence-corrected chi connectivity index (χ4v) is 3.23. The van der Waals surface area contributed by atoms with Crippen molar-refractivity contribution in [2.24, 2.45) is 5.92 Å². The Morgan fingerprint density at radius 3 is 2.79 bits per heavy atom. The first-order chi connectivity index (χ1) is 9.02. The summed E-state index contributed by atoms with van der Waals surface area (Å²) in [4.78, 5) is 16.4. The van der Waals surface area contributed by atoms with Crippen molar-refractivity contribution in [2.45, 2.75) is 19.9 Å². The lowest BCUT2D eigenvalue weighted by molar-refractivity contribution is 0.0780. The van der Waals surface area contributed by atoms with Crippen LogP contribution in [0.5, 0.6) is 0 Å². The molecule has 1 fully saturated rings. The van der Waals surface area contributed by atoms with Gasteiger partial charge in [-0.2, -0.15) is 0 Å². The summed E-state index contributed by atoms with van der Waals surface area (Å²) in [7, 11) is 4.12. The smallest absolute Gasteiger partial charge is 0.284 e. The minimum Gasteiger partial charge on any atom is -0.360 e. The Kier molecular flexibility index (Phi) is 4.36. The maximum Gasteiger partial charge on any atom is 0.284 e. The van der Waals surface area contributed by atoms with E-state index in [1.165, 1.54) is 11.3 Å². The van der Waals surface area contributed by atoms with Crippen molar-refractivity contribution in [3.05, 3.63) is 5.01 Å². The van der Waals surface area contributed by atoms with Gasteiger partial charge in [0.25, 0.3) is 5.91 Å². The highest BCUT2D eigenvalue weighted by Gasteiger charge is 2.35. The Bertz CT molecular complexity index is 447. The standard InChI is InChI=1S/C12H21N5OS/c1-5-13-12-15-14-10(19-12)11(18)17-6-8(2)9(7-17)16(3)4/h8-9H,5-7H2,1-4H3,(H,13,15). The second-order valence-electron chi connectivity index (χ2n) is 5.16. The molecule has 2 unspecified atom stereocenters. The van der Waals surface area contributed by atoms with E-state index in [0.717, 1.165) is 19.6 Å². The second-order valence-corrected chi connectivity index (χ2v) is 6.14. The molecule has 1 N–H and O–H groups in total. The molecule has 1 aliphatic heterocycles. The van der Waals surface area contributed by atoms with Crippen LogP contribution >= 0.6 is 11.3 Å². The lowest BCUT2D eigenvalue weighted by Gasteiger charge is -2.22. The number of anilines is 1. The molecule has 6 nitrogen and oxygen atoms in total. The Labute approximate surface area is 117 Å². The molecule has 1 aromatic heterocycles. The summed E-state index contributed by atoms with van der Waals surface area (Å²) in [5.74, 6) is 0.484. The molecule has 0 aromatic carbocycles. The van der Waals surface area contributed by atoms with Gasteiger partial charge < -0.3 is 15.1 Å². The third kappa shape index (κ3) is 3.03. The van der Waals surface area contributed by atoms with Gasteiger partial charge >= 0.3 is 0 Å². The maximum absolute atomic E-state index is 12.4. The molecule has 0 aliphatic carbocycles. The predicted molar refractivity (Wildman–Crippen MR) is 76.6 cm³/mol. The maximum atomic E-state index is 12.4. The van der Waals surface area contributed by atoms with Crippen LogP contribution in [-0.2, 0) is 0 Å². The predicted octanol–water partition coefficient (Wildman–Crippen LogP) is 0.992. The highest BCUT2D eigenvalue weighted by Crippen LogP contribution is 2.23. The van der Waals surface area contributed by atoms with Crippen molar-refractivity contribution in [3.63, 3.8) is 0 Å². The number of hydrogen-bond donors (Lipinski definition) is 1. The van der Waals surface area contributed by atoms with E-state index in [1.54, 1.807) is 0 Å². The average molecular weight is 283 g/mol. The van der Waals surface area contributed by atoms with Crippen LogP contribution in [-0.4, -0.2) is 65.7 Å². The lowest BCUT2D eigenvalue weighted by atomic mass is 10.1. The summed E-state index contributed by atoms with van der Waals surface area (Å²) in [6, 6.07) is 0.421. The van der Waals surface area contributed by atoms with Gasteiger partial charge in [-0.25, -0.2) is 0 Å². The molecule has 0 spiro atoms. The summed E-state index contributed by atoms with van der Waals surface area (Å²) in [5.41, 5.74) is 0. The number of rotatable bonds is 4. The Balaban J connectivity index is 2.04. The molecule has 0 radical (unpaired) electrons. The zero-order valence-corrected chi connectivity index (χ0v) is 12.7. The summed E-state index contributed by atoms with van der Waals surface area (Å²) in [6.07, 6.45) is 0. The van der Waals surface area contributed by atoms with E-state index in [0.29, 0.717) is 22.1 Å². The number of carbonyl (C=O) groups is 1. The molecule has 2 rings (SSSR count). The minimum absolute atomic E-state index is 0.00199. The number of carbonyl (C=O) groups excluding carboxylic acids is 1. The fourth-order valence-electron chi connectivity index (χ4n) is 2.46. The van der Waals surface area contributed by atoms with E-state index >= 15 is 0 Å². The first-order valence-electron chi connectivity index (χ1n) is 6.56. The molecule has 2 heterocycles. The van der Waals surface area contributed by atoms with Gasteiger partial charge in [0.2, 0.25) is 10.1 Å². The molecular weight excluding hydrogens is 262 g/mol. The third-order valence-corrected chi connectivity index (χ3v) is 4.33. The van der Waals surface area contributed by atoms with Gasteiger partial charge in [-0.1, -0.05) is 18.3 Å². The zero-order valence-electron chi connectivity index (χ0n) is 11.9. The molecule has 106 valence electrons. The van der Waals surface area contributed by atoms with Crippen molar-refractivity contribution < 1.29 is 4.79 Å². The van der Waals surface area contributed by atoms with Crippen molar-refractivity contribution in [3.8, 4) is 0 Å². The number of nitrogens with zero attached hydrogens (tertiary/aromatic N) is 4. The third-order valence-electron chi connectivity index (χ3n) is 3.46. The first kappa shape index (κ1) is 14.2. The lowest BCUT2D eigenvalue weighted by Crippen LogP contribution is -2.35. The van der Waals surface area contributed by atoms with Crippen molar-refractivity contribution >= 4 is 22.4 Å². The minimum atomic E-state index is -0.00199. The summed E-state index contributed by atoms with van der Waals surface area (Å²) >= 11 is 1.33. The van der Waals surface area contributed by atoms with Gasteiger partial charge in [-0.05, 0) is 26.9 Å². The molecule has 7 heteroatoms. The van der Waals surface area contributed by atoms with Crippen molar-refractivity contribution in [1.82, 2.24) is 20.0 Å². The van der Waals surface area contributed by atoms with Crippen LogP contribution in [0.25, 0.3) is 0 Å². The molecule has 1 aliphatic rings. The number of hydrogen-bond acceptors (Lipinski definition) is 6. The van der Waals surface area contributed by atoms with E-state index in [-0.39, 0.29) is 5.91 Å². The Morgan fingerprint density at radius 1 is 1.47 bits per heavy atom. The van der Waals surface area contributed by atoms with Gasteiger partial charge in [0.1, 0.15) is 0 Å². The van der Waals surface area contributed by atoms with Crippen molar-refractivity contribution in [2.75, 3.05) is 39.0 Å². The van der Waals surface area contributed by atoms with E-state index in [2.05, 4.69) is 41.4 Å². The van der Waals surface area contributed by atoms with Gasteiger partial charge in [0.05, 0.1) is 0 Å². The molecule has 1 aromatic rings. The molecule has 1 amide bonds. The van der Waals surface area contributed by atoms with Crippen molar-refractivity contribution in [1.29, 1.82) is 0 Å². The normalized spacial score (nSPS) is 23.1. The quantitative estimate of drug-likeness (QED) is 0.893. The molecule has 19 heavy (non-hydrogen) atoms.